The number of anilines is 1. The first-order valence-electron chi connectivity index (χ1n) is 8.60. The van der Waals surface area contributed by atoms with Crippen LogP contribution in [0.5, 0.6) is 11.5 Å². The van der Waals surface area contributed by atoms with Gasteiger partial charge in [0.1, 0.15) is 5.82 Å². The van der Waals surface area contributed by atoms with Crippen LogP contribution >= 0.6 is 0 Å². The zero-order chi connectivity index (χ0) is 18.3. The summed E-state index contributed by atoms with van der Waals surface area (Å²) in [5.41, 5.74) is 2.96. The lowest BCUT2D eigenvalue weighted by Gasteiger charge is -2.24. The molecule has 134 valence electrons. The third kappa shape index (κ3) is 2.67. The van der Waals surface area contributed by atoms with E-state index in [9.17, 15) is 4.79 Å². The number of rotatable bonds is 4. The van der Waals surface area contributed by atoms with Gasteiger partial charge >= 0.3 is 0 Å². The molecule has 6 nitrogen and oxygen atoms in total. The molecule has 0 aliphatic carbocycles. The fourth-order valence-corrected chi connectivity index (χ4v) is 3.62. The Bertz CT molecular complexity index is 1030. The van der Waals surface area contributed by atoms with Crippen molar-refractivity contribution in [1.29, 1.82) is 0 Å². The Labute approximate surface area is 151 Å². The van der Waals surface area contributed by atoms with Crippen LogP contribution in [0, 0.1) is 0 Å². The zero-order valence-corrected chi connectivity index (χ0v) is 15.1. The van der Waals surface area contributed by atoms with Crippen LogP contribution in [0.25, 0.3) is 10.9 Å². The summed E-state index contributed by atoms with van der Waals surface area (Å²) < 4.78 is 10.6. The number of nitrogens with one attached hydrogen (secondary N) is 1. The van der Waals surface area contributed by atoms with Gasteiger partial charge in [-0.25, -0.2) is 4.98 Å². The first-order chi connectivity index (χ1) is 12.6. The Morgan fingerprint density at radius 2 is 1.92 bits per heavy atom. The number of benzene rings is 2. The quantitative estimate of drug-likeness (QED) is 0.783. The Morgan fingerprint density at radius 1 is 1.19 bits per heavy atom. The SMILES string of the molecule is COc1cc2nc(CN3c4ccccc4C[C@@H]3C)[nH]c(=O)c2cc1OC. The molecule has 0 spiro atoms. The molecule has 6 heteroatoms. The van der Waals surface area contributed by atoms with Crippen molar-refractivity contribution in [3.8, 4) is 11.5 Å². The van der Waals surface area contributed by atoms with Crippen molar-refractivity contribution in [2.45, 2.75) is 25.9 Å². The van der Waals surface area contributed by atoms with Gasteiger partial charge in [-0.3, -0.25) is 4.79 Å². The minimum absolute atomic E-state index is 0.175. The summed E-state index contributed by atoms with van der Waals surface area (Å²) in [6.07, 6.45) is 0.999. The highest BCUT2D eigenvalue weighted by atomic mass is 16.5. The number of H-pyrrole nitrogens is 1. The normalized spacial score (nSPS) is 16.0. The van der Waals surface area contributed by atoms with Crippen LogP contribution in [-0.4, -0.2) is 30.2 Å². The third-order valence-corrected chi connectivity index (χ3v) is 4.93. The largest absolute Gasteiger partial charge is 0.493 e. The molecule has 0 saturated heterocycles. The molecule has 1 atom stereocenters. The molecular formula is C20H21N3O3. The van der Waals surface area contributed by atoms with Crippen LogP contribution in [0.1, 0.15) is 18.3 Å². The van der Waals surface area contributed by atoms with Crippen molar-refractivity contribution < 1.29 is 9.47 Å². The monoisotopic (exact) mass is 351 g/mol. The predicted molar refractivity (Wildman–Crippen MR) is 101 cm³/mol. The van der Waals surface area contributed by atoms with Gasteiger partial charge in [-0.05, 0) is 31.0 Å². The zero-order valence-electron chi connectivity index (χ0n) is 15.1. The highest BCUT2D eigenvalue weighted by molar-refractivity contribution is 5.81. The van der Waals surface area contributed by atoms with Gasteiger partial charge in [0.15, 0.2) is 11.5 Å². The molecular weight excluding hydrogens is 330 g/mol. The van der Waals surface area contributed by atoms with Crippen molar-refractivity contribution in [2.75, 3.05) is 19.1 Å². The van der Waals surface area contributed by atoms with Gasteiger partial charge in [-0.2, -0.15) is 0 Å². The molecule has 2 heterocycles. The average Bonchev–Trinajstić information content (AvgIpc) is 2.96. The van der Waals surface area contributed by atoms with Gasteiger partial charge in [0.2, 0.25) is 0 Å². The third-order valence-electron chi connectivity index (χ3n) is 4.93. The summed E-state index contributed by atoms with van der Waals surface area (Å²) >= 11 is 0. The predicted octanol–water partition coefficient (Wildman–Crippen LogP) is 2.89. The Hall–Kier alpha value is -3.02. The lowest BCUT2D eigenvalue weighted by Crippen LogP contribution is -2.30. The Balaban J connectivity index is 1.75. The summed E-state index contributed by atoms with van der Waals surface area (Å²) in [6, 6.07) is 12.1. The average molecular weight is 351 g/mol. The second-order valence-electron chi connectivity index (χ2n) is 6.55. The van der Waals surface area contributed by atoms with E-state index in [0.29, 0.717) is 40.8 Å². The molecule has 0 unspecified atom stereocenters. The maximum Gasteiger partial charge on any atom is 0.258 e. The number of para-hydroxylation sites is 1. The van der Waals surface area contributed by atoms with Gasteiger partial charge in [0.05, 0.1) is 31.7 Å². The van der Waals surface area contributed by atoms with Crippen molar-refractivity contribution in [2.24, 2.45) is 0 Å². The first-order valence-corrected chi connectivity index (χ1v) is 8.60. The van der Waals surface area contributed by atoms with Gasteiger partial charge in [0, 0.05) is 17.8 Å². The maximum absolute atomic E-state index is 12.6. The van der Waals surface area contributed by atoms with Crippen LogP contribution in [-0.2, 0) is 13.0 Å². The number of methoxy groups -OCH3 is 2. The number of aromatic nitrogens is 2. The van der Waals surface area contributed by atoms with Crippen molar-refractivity contribution >= 4 is 16.6 Å². The number of ether oxygens (including phenoxy) is 2. The smallest absolute Gasteiger partial charge is 0.258 e. The number of hydrogen-bond acceptors (Lipinski definition) is 5. The number of nitrogens with zero attached hydrogens (tertiary/aromatic N) is 2. The minimum atomic E-state index is -0.175. The summed E-state index contributed by atoms with van der Waals surface area (Å²) in [7, 11) is 3.12. The van der Waals surface area contributed by atoms with E-state index in [1.54, 1.807) is 26.4 Å². The molecule has 0 fully saturated rings. The number of aromatic amines is 1. The number of fused-ring (bicyclic) bond motifs is 2. The van der Waals surface area contributed by atoms with Gasteiger partial charge < -0.3 is 19.4 Å². The Kier molecular flexibility index (Phi) is 4.03. The fourth-order valence-electron chi connectivity index (χ4n) is 3.62. The highest BCUT2D eigenvalue weighted by Crippen LogP contribution is 2.33. The second-order valence-corrected chi connectivity index (χ2v) is 6.55. The van der Waals surface area contributed by atoms with Crippen LogP contribution in [0.4, 0.5) is 5.69 Å². The van der Waals surface area contributed by atoms with E-state index >= 15 is 0 Å². The molecule has 26 heavy (non-hydrogen) atoms. The molecule has 0 bridgehead atoms. The van der Waals surface area contributed by atoms with E-state index in [1.807, 2.05) is 6.07 Å². The van der Waals surface area contributed by atoms with E-state index in [1.165, 1.54) is 11.3 Å². The summed E-state index contributed by atoms with van der Waals surface area (Å²) in [5.74, 6) is 1.71. The fraction of sp³-hybridized carbons (Fsp3) is 0.300. The first kappa shape index (κ1) is 16.4. The van der Waals surface area contributed by atoms with E-state index in [0.717, 1.165) is 6.42 Å². The lowest BCUT2D eigenvalue weighted by molar-refractivity contribution is 0.355. The van der Waals surface area contributed by atoms with Crippen LogP contribution in [0.3, 0.4) is 0 Å². The molecule has 3 aromatic rings. The summed E-state index contributed by atoms with van der Waals surface area (Å²) in [4.78, 5) is 22.4. The molecule has 1 N–H and O–H groups in total. The van der Waals surface area contributed by atoms with E-state index in [-0.39, 0.29) is 5.56 Å². The molecule has 4 rings (SSSR count). The maximum atomic E-state index is 12.6. The van der Waals surface area contributed by atoms with E-state index in [4.69, 9.17) is 9.47 Å². The summed E-state index contributed by atoms with van der Waals surface area (Å²) in [5, 5.41) is 0.487. The van der Waals surface area contributed by atoms with Gasteiger partial charge in [-0.1, -0.05) is 18.2 Å². The second kappa shape index (κ2) is 6.37. The molecule has 0 radical (unpaired) electrons. The highest BCUT2D eigenvalue weighted by Gasteiger charge is 2.26. The molecule has 0 saturated carbocycles. The lowest BCUT2D eigenvalue weighted by atomic mass is 10.1. The van der Waals surface area contributed by atoms with Crippen molar-refractivity contribution in [1.82, 2.24) is 9.97 Å². The van der Waals surface area contributed by atoms with Gasteiger partial charge in [-0.15, -0.1) is 0 Å². The summed E-state index contributed by atoms with van der Waals surface area (Å²) in [6.45, 7) is 2.74. The van der Waals surface area contributed by atoms with Crippen LogP contribution in [0.15, 0.2) is 41.2 Å². The van der Waals surface area contributed by atoms with Crippen molar-refractivity contribution in [3.63, 3.8) is 0 Å². The van der Waals surface area contributed by atoms with E-state index in [2.05, 4.69) is 40.0 Å². The molecule has 2 aromatic carbocycles. The van der Waals surface area contributed by atoms with Crippen molar-refractivity contribution in [3.05, 3.63) is 58.1 Å². The number of hydrogen-bond donors (Lipinski definition) is 1. The topological polar surface area (TPSA) is 67.5 Å². The molecule has 1 aliphatic rings. The molecule has 1 aliphatic heterocycles. The van der Waals surface area contributed by atoms with Gasteiger partial charge in [0.25, 0.3) is 5.56 Å². The minimum Gasteiger partial charge on any atom is -0.493 e. The van der Waals surface area contributed by atoms with Crippen LogP contribution < -0.4 is 19.9 Å². The van der Waals surface area contributed by atoms with E-state index < -0.39 is 0 Å². The standard InChI is InChI=1S/C20H21N3O3/c1-12-8-13-6-4-5-7-16(13)23(12)11-19-21-15-10-18(26-3)17(25-2)9-14(15)20(24)22-19/h4-7,9-10,12H,8,11H2,1-3H3,(H,21,22,24)/t12-/m0/s1. The van der Waals surface area contributed by atoms with Crippen LogP contribution in [0.2, 0.25) is 0 Å². The molecule has 1 aromatic heterocycles. The molecule has 0 amide bonds. The Morgan fingerprint density at radius 3 is 2.69 bits per heavy atom.